The third-order valence-corrected chi connectivity index (χ3v) is 3.28. The Balaban J connectivity index is 2.29. The van der Waals surface area contributed by atoms with Crippen molar-refractivity contribution in [1.29, 1.82) is 0 Å². The van der Waals surface area contributed by atoms with Gasteiger partial charge in [-0.15, -0.1) is 0 Å². The van der Waals surface area contributed by atoms with Gasteiger partial charge in [-0.05, 0) is 35.9 Å². The summed E-state index contributed by atoms with van der Waals surface area (Å²) in [5, 5.41) is 0.592. The van der Waals surface area contributed by atoms with Gasteiger partial charge in [0, 0.05) is 25.5 Å². The Hall–Kier alpha value is -1.78. The van der Waals surface area contributed by atoms with E-state index in [0.29, 0.717) is 11.6 Å². The van der Waals surface area contributed by atoms with Crippen molar-refractivity contribution in [3.05, 3.63) is 47.1 Å². The van der Waals surface area contributed by atoms with Crippen LogP contribution in [0, 0.1) is 0 Å². The molecular weight excluding hydrogens is 262 g/mol. The van der Waals surface area contributed by atoms with E-state index in [-0.39, 0.29) is 0 Å². The maximum absolute atomic E-state index is 6.01. The molecule has 0 amide bonds. The average Bonchev–Trinajstić information content (AvgIpc) is 2.47. The van der Waals surface area contributed by atoms with E-state index in [4.69, 9.17) is 22.1 Å². The predicted molar refractivity (Wildman–Crippen MR) is 78.2 cm³/mol. The average molecular weight is 278 g/mol. The first-order chi connectivity index (χ1) is 9.15. The largest absolute Gasteiger partial charge is 0.497 e. The molecule has 2 N–H and O–H groups in total. The fraction of sp³-hybridized carbons (Fsp3) is 0.214. The fourth-order valence-corrected chi connectivity index (χ4v) is 1.93. The van der Waals surface area contributed by atoms with E-state index in [0.717, 1.165) is 22.8 Å². The molecule has 0 radical (unpaired) electrons. The third-order valence-electron chi connectivity index (χ3n) is 2.94. The first kappa shape index (κ1) is 13.6. The Morgan fingerprint density at radius 3 is 2.58 bits per heavy atom. The van der Waals surface area contributed by atoms with Crippen LogP contribution >= 0.6 is 11.6 Å². The second-order valence-electron chi connectivity index (χ2n) is 4.10. The highest BCUT2D eigenvalue weighted by atomic mass is 35.5. The van der Waals surface area contributed by atoms with Crippen molar-refractivity contribution in [2.75, 3.05) is 19.1 Å². The lowest BCUT2D eigenvalue weighted by Crippen LogP contribution is -2.12. The lowest BCUT2D eigenvalue weighted by molar-refractivity contribution is 0.415. The van der Waals surface area contributed by atoms with Gasteiger partial charge in [0.15, 0.2) is 0 Å². The summed E-state index contributed by atoms with van der Waals surface area (Å²) in [6, 6.07) is 9.65. The summed E-state index contributed by atoms with van der Waals surface area (Å²) < 4.78 is 5.14. The molecule has 0 spiro atoms. The van der Waals surface area contributed by atoms with Crippen molar-refractivity contribution in [3.63, 3.8) is 0 Å². The Morgan fingerprint density at radius 1 is 1.32 bits per heavy atom. The number of pyridine rings is 1. The molecule has 19 heavy (non-hydrogen) atoms. The number of nitrogens with zero attached hydrogens (tertiary/aromatic N) is 2. The van der Waals surface area contributed by atoms with Crippen LogP contribution in [0.2, 0.25) is 5.02 Å². The van der Waals surface area contributed by atoms with E-state index >= 15 is 0 Å². The monoisotopic (exact) mass is 277 g/mol. The van der Waals surface area contributed by atoms with Gasteiger partial charge in [-0.2, -0.15) is 0 Å². The van der Waals surface area contributed by atoms with E-state index in [9.17, 15) is 0 Å². The van der Waals surface area contributed by atoms with Gasteiger partial charge >= 0.3 is 0 Å². The van der Waals surface area contributed by atoms with Crippen LogP contribution in [0.25, 0.3) is 0 Å². The van der Waals surface area contributed by atoms with Crippen LogP contribution in [-0.2, 0) is 6.54 Å². The van der Waals surface area contributed by atoms with Crippen LogP contribution in [0.3, 0.4) is 0 Å². The van der Waals surface area contributed by atoms with Gasteiger partial charge in [-0.1, -0.05) is 11.6 Å². The number of hydrogen-bond acceptors (Lipinski definition) is 4. The van der Waals surface area contributed by atoms with Gasteiger partial charge in [-0.25, -0.2) is 4.98 Å². The first-order valence-corrected chi connectivity index (χ1v) is 6.25. The zero-order chi connectivity index (χ0) is 13.8. The molecule has 1 aromatic carbocycles. The number of aromatic nitrogens is 1. The number of rotatable bonds is 4. The van der Waals surface area contributed by atoms with E-state index < -0.39 is 0 Å². The maximum Gasteiger partial charge on any atom is 0.133 e. The molecule has 4 nitrogen and oxygen atoms in total. The zero-order valence-electron chi connectivity index (χ0n) is 10.9. The minimum absolute atomic E-state index is 0.394. The topological polar surface area (TPSA) is 51.4 Å². The second kappa shape index (κ2) is 5.91. The summed E-state index contributed by atoms with van der Waals surface area (Å²) in [6.07, 6.45) is 1.62. The molecule has 0 fully saturated rings. The summed E-state index contributed by atoms with van der Waals surface area (Å²) in [4.78, 5) is 6.28. The maximum atomic E-state index is 6.01. The molecule has 0 saturated heterocycles. The van der Waals surface area contributed by atoms with Crippen molar-refractivity contribution in [2.24, 2.45) is 5.73 Å². The van der Waals surface area contributed by atoms with Gasteiger partial charge in [0.1, 0.15) is 11.6 Å². The van der Waals surface area contributed by atoms with Crippen molar-refractivity contribution < 1.29 is 4.74 Å². The molecule has 1 aromatic heterocycles. The lowest BCUT2D eigenvalue weighted by atomic mass is 10.2. The molecule has 5 heteroatoms. The molecule has 0 aliphatic heterocycles. The lowest BCUT2D eigenvalue weighted by Gasteiger charge is -2.19. The molecule has 0 bridgehead atoms. The van der Waals surface area contributed by atoms with Gasteiger partial charge in [-0.3, -0.25) is 0 Å². The Kier molecular flexibility index (Phi) is 4.24. The quantitative estimate of drug-likeness (QED) is 0.933. The van der Waals surface area contributed by atoms with Crippen LogP contribution in [0.1, 0.15) is 5.56 Å². The molecule has 0 saturated carbocycles. The van der Waals surface area contributed by atoms with E-state index in [1.54, 1.807) is 13.3 Å². The Labute approximate surface area is 117 Å². The fourth-order valence-electron chi connectivity index (χ4n) is 1.75. The van der Waals surface area contributed by atoms with Gasteiger partial charge in [0.25, 0.3) is 0 Å². The van der Waals surface area contributed by atoms with Crippen molar-refractivity contribution in [3.8, 4) is 5.75 Å². The second-order valence-corrected chi connectivity index (χ2v) is 4.50. The highest BCUT2D eigenvalue weighted by Gasteiger charge is 2.08. The number of benzene rings is 1. The molecule has 2 aromatic rings. The molecule has 100 valence electrons. The number of halogens is 1. The number of methoxy groups -OCH3 is 1. The standard InChI is InChI=1S/C14H16ClN3O/c1-18(11-3-5-12(19-2)6-4-11)14-7-10(8-16)13(15)9-17-14/h3-7,9H,8,16H2,1-2H3. The zero-order valence-corrected chi connectivity index (χ0v) is 11.7. The molecule has 0 atom stereocenters. The van der Waals surface area contributed by atoms with E-state index in [1.807, 2.05) is 42.3 Å². The minimum atomic E-state index is 0.394. The number of anilines is 2. The molecule has 2 rings (SSSR count). The van der Waals surface area contributed by atoms with Crippen LogP contribution in [0.15, 0.2) is 36.5 Å². The smallest absolute Gasteiger partial charge is 0.133 e. The van der Waals surface area contributed by atoms with E-state index in [1.165, 1.54) is 0 Å². The van der Waals surface area contributed by atoms with Gasteiger partial charge in [0.05, 0.1) is 12.1 Å². The molecular formula is C14H16ClN3O. The van der Waals surface area contributed by atoms with Crippen molar-refractivity contribution in [2.45, 2.75) is 6.54 Å². The number of hydrogen-bond donors (Lipinski definition) is 1. The summed E-state index contributed by atoms with van der Waals surface area (Å²) in [6.45, 7) is 0.394. The summed E-state index contributed by atoms with van der Waals surface area (Å²) in [7, 11) is 3.59. The van der Waals surface area contributed by atoms with E-state index in [2.05, 4.69) is 4.98 Å². The SMILES string of the molecule is COc1ccc(N(C)c2cc(CN)c(Cl)cn2)cc1. The van der Waals surface area contributed by atoms with Gasteiger partial charge in [0.2, 0.25) is 0 Å². The summed E-state index contributed by atoms with van der Waals surface area (Å²) in [5.41, 5.74) is 7.54. The number of nitrogens with two attached hydrogens (primary N) is 1. The highest BCUT2D eigenvalue weighted by molar-refractivity contribution is 6.31. The molecule has 0 aliphatic carbocycles. The highest BCUT2D eigenvalue weighted by Crippen LogP contribution is 2.26. The normalized spacial score (nSPS) is 10.3. The van der Waals surface area contributed by atoms with Crippen LogP contribution in [-0.4, -0.2) is 19.1 Å². The Morgan fingerprint density at radius 2 is 2.00 bits per heavy atom. The van der Waals surface area contributed by atoms with Crippen LogP contribution < -0.4 is 15.4 Å². The third kappa shape index (κ3) is 2.97. The Bertz CT molecular complexity index is 557. The minimum Gasteiger partial charge on any atom is -0.497 e. The molecule has 0 aliphatic rings. The predicted octanol–water partition coefficient (Wildman–Crippen LogP) is 2.97. The number of ether oxygens (including phenoxy) is 1. The first-order valence-electron chi connectivity index (χ1n) is 5.88. The van der Waals surface area contributed by atoms with Crippen LogP contribution in [0.5, 0.6) is 5.75 Å². The summed E-state index contributed by atoms with van der Waals surface area (Å²) >= 11 is 6.01. The molecule has 0 unspecified atom stereocenters. The molecule has 1 heterocycles. The summed E-state index contributed by atoms with van der Waals surface area (Å²) in [5.74, 6) is 1.62. The van der Waals surface area contributed by atoms with Crippen molar-refractivity contribution >= 4 is 23.1 Å². The van der Waals surface area contributed by atoms with Crippen molar-refractivity contribution in [1.82, 2.24) is 4.98 Å². The van der Waals surface area contributed by atoms with Gasteiger partial charge < -0.3 is 15.4 Å². The van der Waals surface area contributed by atoms with Crippen LogP contribution in [0.4, 0.5) is 11.5 Å².